The molecule has 0 aromatic heterocycles. The number of hydrogen-bond donors (Lipinski definition) is 3. The molecule has 1 saturated heterocycles. The summed E-state index contributed by atoms with van der Waals surface area (Å²) in [6, 6.07) is 15.5. The van der Waals surface area contributed by atoms with E-state index in [2.05, 4.69) is 4.72 Å². The molecule has 2 aliphatic rings. The van der Waals surface area contributed by atoms with Gasteiger partial charge in [0.15, 0.2) is 0 Å². The minimum absolute atomic E-state index is 0.0949. The number of nitrogens with zero attached hydrogens (tertiary/aromatic N) is 1. The van der Waals surface area contributed by atoms with Gasteiger partial charge in [-0.25, -0.2) is 13.1 Å². The third-order valence-corrected chi connectivity index (χ3v) is 6.99. The van der Waals surface area contributed by atoms with Gasteiger partial charge in [0.1, 0.15) is 18.3 Å². The predicted molar refractivity (Wildman–Crippen MR) is 109 cm³/mol. The van der Waals surface area contributed by atoms with E-state index >= 15 is 0 Å². The zero-order chi connectivity index (χ0) is 21.3. The van der Waals surface area contributed by atoms with Gasteiger partial charge in [-0.15, -0.1) is 0 Å². The Morgan fingerprint density at radius 3 is 2.47 bits per heavy atom. The number of aliphatic hydroxyl groups excluding tert-OH is 2. The molecule has 2 aromatic carbocycles. The maximum absolute atomic E-state index is 12.8. The van der Waals surface area contributed by atoms with Crippen molar-refractivity contribution in [2.45, 2.75) is 42.2 Å². The van der Waals surface area contributed by atoms with Crippen molar-refractivity contribution in [1.82, 2.24) is 4.72 Å². The minimum atomic E-state index is -3.77. The number of fused-ring (bicyclic) bond motifs is 1. The summed E-state index contributed by atoms with van der Waals surface area (Å²) in [5, 5.41) is 20.6. The van der Waals surface area contributed by atoms with Crippen LogP contribution in [0.15, 0.2) is 59.5 Å². The van der Waals surface area contributed by atoms with Crippen LogP contribution in [0.1, 0.15) is 12.0 Å². The molecule has 160 valence electrons. The maximum atomic E-state index is 12.8. The smallest absolute Gasteiger partial charge is 0.240 e. The molecule has 1 amide bonds. The number of amides is 1. The third kappa shape index (κ3) is 4.12. The lowest BCUT2D eigenvalue weighted by atomic mass is 10.1. The number of benzene rings is 2. The van der Waals surface area contributed by atoms with Crippen LogP contribution >= 0.6 is 0 Å². The second-order valence-corrected chi connectivity index (χ2v) is 9.25. The van der Waals surface area contributed by atoms with Crippen LogP contribution in [0.3, 0.4) is 0 Å². The lowest BCUT2D eigenvalue weighted by Crippen LogP contribution is -2.40. The average molecular weight is 432 g/mol. The first kappa shape index (κ1) is 21.0. The number of carbonyl (C=O) groups is 1. The van der Waals surface area contributed by atoms with Gasteiger partial charge in [-0.05, 0) is 30.2 Å². The Kier molecular flexibility index (Phi) is 5.90. The van der Waals surface area contributed by atoms with Gasteiger partial charge in [0.05, 0.1) is 17.4 Å². The largest absolute Gasteiger partial charge is 0.388 e. The van der Waals surface area contributed by atoms with Crippen molar-refractivity contribution in [3.63, 3.8) is 0 Å². The molecule has 2 heterocycles. The van der Waals surface area contributed by atoms with Gasteiger partial charge in [0.25, 0.3) is 0 Å². The zero-order valence-corrected chi connectivity index (χ0v) is 17.0. The van der Waals surface area contributed by atoms with Crippen LogP contribution in [0.5, 0.6) is 0 Å². The molecular formula is C21H24N2O6S. The summed E-state index contributed by atoms with van der Waals surface area (Å²) in [5.41, 5.74) is 1.94. The second-order valence-electron chi connectivity index (χ2n) is 7.49. The summed E-state index contributed by atoms with van der Waals surface area (Å²) in [5.74, 6) is -0.207. The number of hydrogen-bond acceptors (Lipinski definition) is 6. The Hall–Kier alpha value is -2.30. The number of aliphatic hydroxyl groups is 2. The van der Waals surface area contributed by atoms with E-state index in [1.807, 2.05) is 24.3 Å². The number of rotatable bonds is 6. The number of sulfonamides is 1. The van der Waals surface area contributed by atoms with Crippen molar-refractivity contribution in [1.29, 1.82) is 0 Å². The van der Waals surface area contributed by atoms with Crippen LogP contribution in [-0.2, 0) is 26.0 Å². The van der Waals surface area contributed by atoms with Crippen LogP contribution < -0.4 is 9.62 Å². The van der Waals surface area contributed by atoms with Crippen molar-refractivity contribution < 1.29 is 28.2 Å². The third-order valence-electron chi connectivity index (χ3n) is 5.55. The van der Waals surface area contributed by atoms with E-state index in [0.29, 0.717) is 6.54 Å². The zero-order valence-electron chi connectivity index (χ0n) is 16.2. The number of anilines is 1. The molecule has 8 nitrogen and oxygen atoms in total. The molecular weight excluding hydrogens is 408 g/mol. The normalized spacial score (nSPS) is 26.0. The second kappa shape index (κ2) is 8.44. The molecule has 9 heteroatoms. The van der Waals surface area contributed by atoms with E-state index in [1.54, 1.807) is 23.1 Å². The molecule has 0 saturated carbocycles. The van der Waals surface area contributed by atoms with E-state index in [-0.39, 0.29) is 23.8 Å². The summed E-state index contributed by atoms with van der Waals surface area (Å²) in [6.07, 6.45) is -3.78. The number of carbonyl (C=O) groups excluding carboxylic acids is 1. The van der Waals surface area contributed by atoms with Crippen LogP contribution in [0.25, 0.3) is 0 Å². The summed E-state index contributed by atoms with van der Waals surface area (Å²) < 4.78 is 32.8. The molecule has 0 bridgehead atoms. The van der Waals surface area contributed by atoms with Gasteiger partial charge in [-0.1, -0.05) is 36.4 Å². The summed E-state index contributed by atoms with van der Waals surface area (Å²) in [7, 11) is -3.77. The molecule has 0 radical (unpaired) electrons. The molecule has 30 heavy (non-hydrogen) atoms. The Balaban J connectivity index is 1.37. The van der Waals surface area contributed by atoms with Gasteiger partial charge in [-0.3, -0.25) is 4.79 Å². The van der Waals surface area contributed by atoms with Crippen molar-refractivity contribution >= 4 is 21.6 Å². The van der Waals surface area contributed by atoms with E-state index < -0.39 is 34.4 Å². The van der Waals surface area contributed by atoms with Gasteiger partial charge in [0.2, 0.25) is 15.9 Å². The van der Waals surface area contributed by atoms with Crippen LogP contribution in [-0.4, -0.2) is 62.0 Å². The standard InChI is InChI=1S/C21H24N2O6S/c24-19(23-11-10-14-6-4-5-9-16(14)23)12-17-20(25)21(26)18(29-17)13-22-30(27,28)15-7-2-1-3-8-15/h1-9,17-18,20-22,25-26H,10-13H2/t17-,18+,20-,21+/m0/s1. The monoisotopic (exact) mass is 432 g/mol. The van der Waals surface area contributed by atoms with E-state index in [0.717, 1.165) is 17.7 Å². The van der Waals surface area contributed by atoms with Crippen LogP contribution in [0, 0.1) is 0 Å². The van der Waals surface area contributed by atoms with Crippen molar-refractivity contribution in [2.24, 2.45) is 0 Å². The molecule has 2 aliphatic heterocycles. The van der Waals surface area contributed by atoms with Gasteiger partial charge in [-0.2, -0.15) is 0 Å². The lowest BCUT2D eigenvalue weighted by Gasteiger charge is -2.21. The topological polar surface area (TPSA) is 116 Å². The van der Waals surface area contributed by atoms with Gasteiger partial charge < -0.3 is 19.8 Å². The van der Waals surface area contributed by atoms with Crippen molar-refractivity contribution in [2.75, 3.05) is 18.0 Å². The molecule has 0 unspecified atom stereocenters. The van der Waals surface area contributed by atoms with E-state index in [9.17, 15) is 23.4 Å². The molecule has 4 rings (SSSR count). The van der Waals surface area contributed by atoms with Crippen molar-refractivity contribution in [3.8, 4) is 0 Å². The highest BCUT2D eigenvalue weighted by Crippen LogP contribution is 2.30. The Morgan fingerprint density at radius 2 is 1.70 bits per heavy atom. The highest BCUT2D eigenvalue weighted by Gasteiger charge is 2.44. The van der Waals surface area contributed by atoms with Crippen LogP contribution in [0.4, 0.5) is 5.69 Å². The SMILES string of the molecule is O=C(C[C@@H]1O[C@H](CNS(=O)(=O)c2ccccc2)[C@@H](O)[C@H]1O)N1CCc2ccccc21. The molecule has 0 aliphatic carbocycles. The first-order valence-electron chi connectivity index (χ1n) is 9.81. The van der Waals surface area contributed by atoms with E-state index in [4.69, 9.17) is 4.74 Å². The molecule has 0 spiro atoms. The summed E-state index contributed by atoms with van der Waals surface area (Å²) in [6.45, 7) is 0.344. The fourth-order valence-corrected chi connectivity index (χ4v) is 4.98. The Bertz CT molecular complexity index is 1010. The average Bonchev–Trinajstić information content (AvgIpc) is 3.30. The fraction of sp³-hybridized carbons (Fsp3) is 0.381. The molecule has 1 fully saturated rings. The number of nitrogens with one attached hydrogen (secondary N) is 1. The quantitative estimate of drug-likeness (QED) is 0.610. The Labute approximate surface area is 175 Å². The van der Waals surface area contributed by atoms with Gasteiger partial charge >= 0.3 is 0 Å². The Morgan fingerprint density at radius 1 is 1.03 bits per heavy atom. The first-order chi connectivity index (χ1) is 14.4. The highest BCUT2D eigenvalue weighted by atomic mass is 32.2. The highest BCUT2D eigenvalue weighted by molar-refractivity contribution is 7.89. The van der Waals surface area contributed by atoms with Gasteiger partial charge in [0, 0.05) is 18.8 Å². The number of ether oxygens (including phenoxy) is 1. The first-order valence-corrected chi connectivity index (χ1v) is 11.3. The number of para-hydroxylation sites is 1. The minimum Gasteiger partial charge on any atom is -0.388 e. The fourth-order valence-electron chi connectivity index (χ4n) is 3.92. The molecule has 2 aromatic rings. The summed E-state index contributed by atoms with van der Waals surface area (Å²) in [4.78, 5) is 14.5. The van der Waals surface area contributed by atoms with E-state index in [1.165, 1.54) is 12.1 Å². The maximum Gasteiger partial charge on any atom is 0.240 e. The predicted octanol–water partition coefficient (Wildman–Crippen LogP) is 0.433. The molecule has 4 atom stereocenters. The molecule has 3 N–H and O–H groups in total. The summed E-state index contributed by atoms with van der Waals surface area (Å²) >= 11 is 0. The van der Waals surface area contributed by atoms with Crippen molar-refractivity contribution in [3.05, 3.63) is 60.2 Å². The van der Waals surface area contributed by atoms with Crippen LogP contribution in [0.2, 0.25) is 0 Å². The lowest BCUT2D eigenvalue weighted by molar-refractivity contribution is -0.122.